The van der Waals surface area contributed by atoms with Gasteiger partial charge in [0, 0.05) is 18.3 Å². The smallest absolute Gasteiger partial charge is 0.0403 e. The zero-order valence-corrected chi connectivity index (χ0v) is 10.4. The molecule has 0 radical (unpaired) electrons. The lowest BCUT2D eigenvalue weighted by molar-refractivity contribution is 0.622. The second-order valence-electron chi connectivity index (χ2n) is 5.51. The molecule has 0 N–H and O–H groups in total. The van der Waals surface area contributed by atoms with Crippen molar-refractivity contribution in [3.63, 3.8) is 0 Å². The highest BCUT2D eigenvalue weighted by molar-refractivity contribution is 5.60. The normalized spacial score (nSPS) is 20.1. The van der Waals surface area contributed by atoms with E-state index in [2.05, 4.69) is 36.9 Å². The highest BCUT2D eigenvalue weighted by Gasteiger charge is 2.29. The molecule has 0 spiro atoms. The summed E-state index contributed by atoms with van der Waals surface area (Å²) in [6, 6.07) is 7.57. The summed E-state index contributed by atoms with van der Waals surface area (Å²) in [5.41, 5.74) is 4.83. The SMILES string of the molecule is CC(C)N1CCCc2c(C3CC3)cccc21. The highest BCUT2D eigenvalue weighted by Crippen LogP contribution is 2.45. The van der Waals surface area contributed by atoms with E-state index in [1.165, 1.54) is 37.9 Å². The quantitative estimate of drug-likeness (QED) is 0.726. The molecule has 1 aliphatic carbocycles. The van der Waals surface area contributed by atoms with Gasteiger partial charge in [-0.3, -0.25) is 0 Å². The molecule has 1 aromatic rings. The molecule has 0 unspecified atom stereocenters. The van der Waals surface area contributed by atoms with Crippen molar-refractivity contribution in [2.75, 3.05) is 11.4 Å². The molecule has 3 rings (SSSR count). The van der Waals surface area contributed by atoms with Crippen molar-refractivity contribution >= 4 is 5.69 Å². The first-order valence-electron chi connectivity index (χ1n) is 6.66. The minimum atomic E-state index is 0.633. The molecule has 1 fully saturated rings. The van der Waals surface area contributed by atoms with Crippen LogP contribution in [-0.2, 0) is 6.42 Å². The molecule has 0 aromatic heterocycles. The summed E-state index contributed by atoms with van der Waals surface area (Å²) < 4.78 is 0. The number of hydrogen-bond acceptors (Lipinski definition) is 1. The van der Waals surface area contributed by atoms with Crippen LogP contribution in [0.25, 0.3) is 0 Å². The average Bonchev–Trinajstić information content (AvgIpc) is 3.11. The van der Waals surface area contributed by atoms with E-state index in [0.29, 0.717) is 6.04 Å². The Morgan fingerprint density at radius 1 is 1.25 bits per heavy atom. The molecule has 0 atom stereocenters. The van der Waals surface area contributed by atoms with Gasteiger partial charge in [0.2, 0.25) is 0 Å². The second kappa shape index (κ2) is 3.80. The summed E-state index contributed by atoms with van der Waals surface area (Å²) in [7, 11) is 0. The van der Waals surface area contributed by atoms with Gasteiger partial charge in [0.15, 0.2) is 0 Å². The Hall–Kier alpha value is -0.980. The average molecular weight is 215 g/mol. The first kappa shape index (κ1) is 10.2. The predicted molar refractivity (Wildman–Crippen MR) is 69.2 cm³/mol. The third-order valence-electron chi connectivity index (χ3n) is 3.96. The van der Waals surface area contributed by atoms with E-state index >= 15 is 0 Å². The Balaban J connectivity index is 2.04. The lowest BCUT2D eigenvalue weighted by Crippen LogP contribution is -2.35. The van der Waals surface area contributed by atoms with Crippen molar-refractivity contribution in [1.29, 1.82) is 0 Å². The summed E-state index contributed by atoms with van der Waals surface area (Å²) in [5, 5.41) is 0. The number of benzene rings is 1. The number of fused-ring (bicyclic) bond motifs is 1. The molecule has 1 heteroatoms. The lowest BCUT2D eigenvalue weighted by atomic mass is 9.93. The maximum Gasteiger partial charge on any atom is 0.0403 e. The van der Waals surface area contributed by atoms with Crippen LogP contribution in [0.5, 0.6) is 0 Å². The topological polar surface area (TPSA) is 3.24 Å². The first-order valence-corrected chi connectivity index (χ1v) is 6.66. The number of hydrogen-bond donors (Lipinski definition) is 0. The van der Waals surface area contributed by atoms with Crippen LogP contribution in [-0.4, -0.2) is 12.6 Å². The molecule has 1 aliphatic heterocycles. The summed E-state index contributed by atoms with van der Waals surface area (Å²) in [4.78, 5) is 2.57. The van der Waals surface area contributed by atoms with Crippen molar-refractivity contribution in [2.45, 2.75) is 51.5 Å². The summed E-state index contributed by atoms with van der Waals surface area (Å²) in [6.07, 6.45) is 5.45. The van der Waals surface area contributed by atoms with Gasteiger partial charge in [-0.15, -0.1) is 0 Å². The molecule has 0 amide bonds. The minimum Gasteiger partial charge on any atom is -0.369 e. The van der Waals surface area contributed by atoms with Crippen LogP contribution < -0.4 is 4.90 Å². The van der Waals surface area contributed by atoms with Crippen LogP contribution in [0.2, 0.25) is 0 Å². The van der Waals surface area contributed by atoms with Gasteiger partial charge >= 0.3 is 0 Å². The van der Waals surface area contributed by atoms with E-state index in [0.717, 1.165) is 5.92 Å². The molecule has 1 aromatic carbocycles. The Morgan fingerprint density at radius 2 is 2.06 bits per heavy atom. The largest absolute Gasteiger partial charge is 0.369 e. The molecule has 1 heterocycles. The van der Waals surface area contributed by atoms with E-state index < -0.39 is 0 Å². The molecule has 0 bridgehead atoms. The van der Waals surface area contributed by atoms with Gasteiger partial charge in [-0.1, -0.05) is 12.1 Å². The highest BCUT2D eigenvalue weighted by atomic mass is 15.2. The van der Waals surface area contributed by atoms with Gasteiger partial charge < -0.3 is 4.90 Å². The van der Waals surface area contributed by atoms with Crippen molar-refractivity contribution in [2.24, 2.45) is 0 Å². The fraction of sp³-hybridized carbons (Fsp3) is 0.600. The maximum absolute atomic E-state index is 2.57. The van der Waals surface area contributed by atoms with Crippen LogP contribution in [0, 0.1) is 0 Å². The van der Waals surface area contributed by atoms with Crippen LogP contribution >= 0.6 is 0 Å². The molecule has 2 aliphatic rings. The predicted octanol–water partition coefficient (Wildman–Crippen LogP) is 3.73. The van der Waals surface area contributed by atoms with Gasteiger partial charge in [-0.25, -0.2) is 0 Å². The molecular formula is C15H21N. The molecule has 86 valence electrons. The fourth-order valence-electron chi connectivity index (χ4n) is 2.99. The zero-order valence-electron chi connectivity index (χ0n) is 10.4. The third kappa shape index (κ3) is 1.63. The van der Waals surface area contributed by atoms with Gasteiger partial charge in [-0.05, 0) is 62.6 Å². The van der Waals surface area contributed by atoms with Crippen molar-refractivity contribution in [3.8, 4) is 0 Å². The Morgan fingerprint density at radius 3 is 2.75 bits per heavy atom. The Bertz CT molecular complexity index is 390. The van der Waals surface area contributed by atoms with E-state index in [4.69, 9.17) is 0 Å². The van der Waals surface area contributed by atoms with E-state index in [-0.39, 0.29) is 0 Å². The summed E-state index contributed by atoms with van der Waals surface area (Å²) >= 11 is 0. The monoisotopic (exact) mass is 215 g/mol. The lowest BCUT2D eigenvalue weighted by Gasteiger charge is -2.35. The first-order chi connectivity index (χ1) is 7.77. The van der Waals surface area contributed by atoms with E-state index in [1.54, 1.807) is 11.1 Å². The second-order valence-corrected chi connectivity index (χ2v) is 5.51. The number of nitrogens with zero attached hydrogens (tertiary/aromatic N) is 1. The van der Waals surface area contributed by atoms with Gasteiger partial charge in [0.1, 0.15) is 0 Å². The Labute approximate surface area is 98.5 Å². The third-order valence-corrected chi connectivity index (χ3v) is 3.96. The van der Waals surface area contributed by atoms with Crippen molar-refractivity contribution in [1.82, 2.24) is 0 Å². The molecule has 1 nitrogen and oxygen atoms in total. The molecule has 16 heavy (non-hydrogen) atoms. The van der Waals surface area contributed by atoms with Gasteiger partial charge in [-0.2, -0.15) is 0 Å². The van der Waals surface area contributed by atoms with Crippen LogP contribution in [0.3, 0.4) is 0 Å². The number of rotatable bonds is 2. The van der Waals surface area contributed by atoms with Gasteiger partial charge in [0.25, 0.3) is 0 Å². The van der Waals surface area contributed by atoms with Crippen molar-refractivity contribution < 1.29 is 0 Å². The zero-order chi connectivity index (χ0) is 11.1. The van der Waals surface area contributed by atoms with Gasteiger partial charge in [0.05, 0.1) is 0 Å². The summed E-state index contributed by atoms with van der Waals surface area (Å²) in [6.45, 7) is 5.84. The van der Waals surface area contributed by atoms with Crippen molar-refractivity contribution in [3.05, 3.63) is 29.3 Å². The molecular weight excluding hydrogens is 194 g/mol. The summed E-state index contributed by atoms with van der Waals surface area (Å²) in [5.74, 6) is 0.891. The van der Waals surface area contributed by atoms with Crippen LogP contribution in [0.1, 0.15) is 50.2 Å². The number of anilines is 1. The molecule has 0 saturated heterocycles. The van der Waals surface area contributed by atoms with E-state index in [9.17, 15) is 0 Å². The molecule has 1 saturated carbocycles. The maximum atomic E-state index is 2.57. The Kier molecular flexibility index (Phi) is 2.42. The van der Waals surface area contributed by atoms with Crippen LogP contribution in [0.15, 0.2) is 18.2 Å². The fourth-order valence-corrected chi connectivity index (χ4v) is 2.99. The van der Waals surface area contributed by atoms with Crippen LogP contribution in [0.4, 0.5) is 5.69 Å². The van der Waals surface area contributed by atoms with E-state index in [1.807, 2.05) is 0 Å². The standard InChI is InChI=1S/C15H21N/c1-11(2)16-10-4-6-14-13(12-8-9-12)5-3-7-15(14)16/h3,5,7,11-12H,4,6,8-10H2,1-2H3. The minimum absolute atomic E-state index is 0.633.